The number of H-pyrrole nitrogens is 1. The second kappa shape index (κ2) is 6.06. The van der Waals surface area contributed by atoms with Crippen molar-refractivity contribution in [2.75, 3.05) is 14.1 Å². The van der Waals surface area contributed by atoms with Gasteiger partial charge in [0.05, 0.1) is 5.69 Å². The van der Waals surface area contributed by atoms with E-state index in [1.807, 2.05) is 38.6 Å². The highest BCUT2D eigenvalue weighted by Crippen LogP contribution is 2.43. The Bertz CT molecular complexity index is 877. The minimum Gasteiger partial charge on any atom is -0.874 e. The Balaban J connectivity index is 1.97. The van der Waals surface area contributed by atoms with E-state index in [-0.39, 0.29) is 22.9 Å². The summed E-state index contributed by atoms with van der Waals surface area (Å²) in [5.74, 6) is -1.72. The summed E-state index contributed by atoms with van der Waals surface area (Å²) in [4.78, 5) is 15.9. The maximum atomic E-state index is 12.7. The van der Waals surface area contributed by atoms with E-state index in [9.17, 15) is 15.0 Å². The molecule has 1 aromatic heterocycles. The Morgan fingerprint density at radius 1 is 1.32 bits per heavy atom. The monoisotopic (exact) mass is 340 g/mol. The van der Waals surface area contributed by atoms with Crippen LogP contribution in [0.15, 0.2) is 29.7 Å². The van der Waals surface area contributed by atoms with Crippen molar-refractivity contribution in [3.8, 4) is 0 Å². The Morgan fingerprint density at radius 3 is 2.48 bits per heavy atom. The lowest BCUT2D eigenvalue weighted by Gasteiger charge is -2.40. The zero-order valence-corrected chi connectivity index (χ0v) is 15.3. The van der Waals surface area contributed by atoms with Crippen molar-refractivity contribution in [3.63, 3.8) is 0 Å². The van der Waals surface area contributed by atoms with Crippen molar-refractivity contribution < 1.29 is 19.6 Å². The first kappa shape index (κ1) is 17.3. The van der Waals surface area contributed by atoms with Crippen LogP contribution in [0.4, 0.5) is 0 Å². The average Bonchev–Trinajstić information content (AvgIpc) is 2.83. The van der Waals surface area contributed by atoms with E-state index >= 15 is 0 Å². The van der Waals surface area contributed by atoms with E-state index in [0.29, 0.717) is 5.69 Å². The molecule has 2 atom stereocenters. The van der Waals surface area contributed by atoms with Crippen LogP contribution in [0, 0.1) is 25.7 Å². The van der Waals surface area contributed by atoms with Crippen molar-refractivity contribution in [1.82, 2.24) is 4.98 Å². The van der Waals surface area contributed by atoms with E-state index in [1.54, 1.807) is 12.2 Å². The number of aliphatic hydroxyl groups is 1. The lowest BCUT2D eigenvalue weighted by molar-refractivity contribution is -0.462. The number of aryl methyl sites for hydroxylation is 1. The summed E-state index contributed by atoms with van der Waals surface area (Å²) in [6.45, 7) is 5.95. The molecule has 1 heterocycles. The molecule has 0 spiro atoms. The largest absolute Gasteiger partial charge is 0.874 e. The molecule has 2 N–H and O–H groups in total. The summed E-state index contributed by atoms with van der Waals surface area (Å²) in [5.41, 5.74) is 4.84. The predicted octanol–water partition coefficient (Wildman–Crippen LogP) is 1.81. The number of ketones is 1. The molecular formula is C20H24N2O3. The third kappa shape index (κ3) is 2.54. The fourth-order valence-corrected chi connectivity index (χ4v) is 3.77. The molecule has 132 valence electrons. The summed E-state index contributed by atoms with van der Waals surface area (Å²) < 4.78 is 1.86. The van der Waals surface area contributed by atoms with Crippen LogP contribution in [0.1, 0.15) is 29.4 Å². The van der Waals surface area contributed by atoms with Crippen molar-refractivity contribution in [2.45, 2.75) is 27.2 Å². The van der Waals surface area contributed by atoms with Crippen LogP contribution in [0.5, 0.6) is 0 Å². The van der Waals surface area contributed by atoms with Gasteiger partial charge in [-0.15, -0.1) is 5.76 Å². The van der Waals surface area contributed by atoms with Crippen LogP contribution in [0.3, 0.4) is 0 Å². The van der Waals surface area contributed by atoms with Gasteiger partial charge in [0.15, 0.2) is 5.78 Å². The van der Waals surface area contributed by atoms with E-state index in [4.69, 9.17) is 0 Å². The summed E-state index contributed by atoms with van der Waals surface area (Å²) in [5, 5.41) is 23.0. The third-order valence-corrected chi connectivity index (χ3v) is 5.24. The van der Waals surface area contributed by atoms with Crippen LogP contribution in [-0.2, 0) is 11.2 Å². The summed E-state index contributed by atoms with van der Waals surface area (Å²) >= 11 is 0. The first-order valence-corrected chi connectivity index (χ1v) is 8.54. The van der Waals surface area contributed by atoms with Gasteiger partial charge in [-0.3, -0.25) is 4.79 Å². The molecule has 25 heavy (non-hydrogen) atoms. The van der Waals surface area contributed by atoms with Crippen molar-refractivity contribution in [1.29, 1.82) is 0 Å². The zero-order chi connectivity index (χ0) is 18.5. The number of carbonyl (C=O) groups excluding carboxylic acids is 1. The molecule has 0 saturated heterocycles. The maximum absolute atomic E-state index is 12.7. The molecule has 5 heteroatoms. The summed E-state index contributed by atoms with van der Waals surface area (Å²) in [6, 6.07) is 0. The molecule has 0 bridgehead atoms. The van der Waals surface area contributed by atoms with Gasteiger partial charge in [-0.05, 0) is 31.4 Å². The average molecular weight is 340 g/mol. The van der Waals surface area contributed by atoms with Gasteiger partial charge in [0, 0.05) is 35.3 Å². The quantitative estimate of drug-likeness (QED) is 0.824. The van der Waals surface area contributed by atoms with Crippen LogP contribution in [-0.4, -0.2) is 40.3 Å². The van der Waals surface area contributed by atoms with Crippen molar-refractivity contribution >= 4 is 17.1 Å². The Kier molecular flexibility index (Phi) is 4.19. The maximum Gasteiger partial charge on any atom is 0.202 e. The Hall–Kier alpha value is -2.56. The number of hydrogen-bond donors (Lipinski definition) is 2. The normalized spacial score (nSPS) is 23.0. The molecule has 2 unspecified atom stereocenters. The molecule has 2 aliphatic rings. The van der Waals surface area contributed by atoms with Crippen LogP contribution in [0.25, 0.3) is 5.57 Å². The van der Waals surface area contributed by atoms with Crippen molar-refractivity contribution in [2.24, 2.45) is 11.8 Å². The summed E-state index contributed by atoms with van der Waals surface area (Å²) in [7, 11) is 3.74. The number of aromatic amines is 1. The molecule has 0 radical (unpaired) electrons. The molecular weight excluding hydrogens is 316 g/mol. The fourth-order valence-electron chi connectivity index (χ4n) is 3.77. The van der Waals surface area contributed by atoms with Gasteiger partial charge in [-0.2, -0.15) is 0 Å². The number of rotatable bonds is 3. The first-order chi connectivity index (χ1) is 11.8. The number of aromatic nitrogens is 1. The van der Waals surface area contributed by atoms with Crippen LogP contribution < -0.4 is 5.11 Å². The Morgan fingerprint density at radius 2 is 2.00 bits per heavy atom. The number of Topliss-reactive ketones (excluding diaryl/α,β-unsaturated/α-hetero) is 1. The number of carbonyl (C=O) groups is 1. The lowest BCUT2D eigenvalue weighted by atomic mass is 9.71. The number of nitrogens with zero attached hydrogens (tertiary/aromatic N) is 1. The van der Waals surface area contributed by atoms with Gasteiger partial charge >= 0.3 is 0 Å². The first-order valence-electron chi connectivity index (χ1n) is 8.54. The second-order valence-corrected chi connectivity index (χ2v) is 6.94. The minimum absolute atomic E-state index is 0.0607. The number of allylic oxidation sites excluding steroid dienone is 5. The molecule has 0 aromatic carbocycles. The zero-order valence-electron chi connectivity index (χ0n) is 15.3. The molecule has 5 nitrogen and oxygen atoms in total. The van der Waals surface area contributed by atoms with E-state index in [1.165, 1.54) is 0 Å². The predicted molar refractivity (Wildman–Crippen MR) is 95.5 cm³/mol. The van der Waals surface area contributed by atoms with Gasteiger partial charge in [0.1, 0.15) is 19.9 Å². The minimum atomic E-state index is -0.820. The van der Waals surface area contributed by atoms with Crippen LogP contribution >= 0.6 is 0 Å². The van der Waals surface area contributed by atoms with E-state index in [2.05, 4.69) is 11.9 Å². The lowest BCUT2D eigenvalue weighted by Crippen LogP contribution is -2.42. The summed E-state index contributed by atoms with van der Waals surface area (Å²) in [6.07, 6.45) is 6.04. The number of aliphatic hydroxyl groups excluding tert-OH is 1. The Labute approximate surface area is 147 Å². The smallest absolute Gasteiger partial charge is 0.202 e. The number of nitrogens with one attached hydrogen (secondary N) is 1. The fraction of sp³-hybridized carbons (Fsp3) is 0.400. The molecule has 0 amide bonds. The van der Waals surface area contributed by atoms with Crippen molar-refractivity contribution in [3.05, 3.63) is 52.3 Å². The van der Waals surface area contributed by atoms with Gasteiger partial charge in [-0.1, -0.05) is 13.0 Å². The van der Waals surface area contributed by atoms with Gasteiger partial charge in [-0.25, -0.2) is 4.58 Å². The molecule has 0 fully saturated rings. The highest BCUT2D eigenvalue weighted by atomic mass is 16.3. The number of hydrogen-bond acceptors (Lipinski definition) is 3. The van der Waals surface area contributed by atoms with E-state index < -0.39 is 11.8 Å². The van der Waals surface area contributed by atoms with Crippen LogP contribution in [0.2, 0.25) is 0 Å². The SMILES string of the molecule is CCc1c(C)[nH]c(C2=C([O-])C(C3C=CC(=[N+](C)C)C=C3O)C2=O)c1C. The standard InChI is InChI=1S/C20H24N2O3/c1-6-13-10(2)18(21-11(13)3)17-19(24)16(20(17)25)14-8-7-12(22(4)5)9-15(14)23/h7-9,14,16,21H,6H2,1-5H3,(H,24,25). The molecule has 1 aromatic rings. The van der Waals surface area contributed by atoms with Gasteiger partial charge in [0.25, 0.3) is 0 Å². The van der Waals surface area contributed by atoms with E-state index in [0.717, 1.165) is 29.0 Å². The molecule has 0 aliphatic heterocycles. The topological polar surface area (TPSA) is 79.2 Å². The molecule has 3 rings (SSSR count). The molecule has 0 saturated carbocycles. The van der Waals surface area contributed by atoms with Gasteiger partial charge < -0.3 is 15.2 Å². The second-order valence-electron chi connectivity index (χ2n) is 6.94. The third-order valence-electron chi connectivity index (χ3n) is 5.24. The molecule has 2 aliphatic carbocycles. The van der Waals surface area contributed by atoms with Gasteiger partial charge in [0.2, 0.25) is 5.71 Å². The highest BCUT2D eigenvalue weighted by Gasteiger charge is 2.42. The highest BCUT2D eigenvalue weighted by molar-refractivity contribution is 6.29.